The third-order valence-corrected chi connectivity index (χ3v) is 4.39. The Labute approximate surface area is 163 Å². The van der Waals surface area contributed by atoms with E-state index < -0.39 is 6.61 Å². The monoisotopic (exact) mass is 411 g/mol. The summed E-state index contributed by atoms with van der Waals surface area (Å²) in [5, 5.41) is 5.02. The molecule has 0 aliphatic heterocycles. The second-order valence-corrected chi connectivity index (χ2v) is 6.41. The fourth-order valence-electron chi connectivity index (χ4n) is 2.46. The second kappa shape index (κ2) is 8.02. The normalized spacial score (nSPS) is 11.0. The zero-order valence-corrected chi connectivity index (χ0v) is 15.5. The molecule has 0 amide bonds. The fraction of sp³-hybridized carbons (Fsp3) is 0.167. The number of Topliss-reactive ketones (excluding diaryl/α,β-unsaturated/α-hetero) is 1. The van der Waals surface area contributed by atoms with Gasteiger partial charge in [0.05, 0.1) is 10.0 Å². The number of hydrogen-bond acceptors (Lipinski definition) is 4. The van der Waals surface area contributed by atoms with Crippen LogP contribution in [0.5, 0.6) is 5.75 Å². The highest BCUT2D eigenvalue weighted by Gasteiger charge is 2.16. The molecule has 1 heterocycles. The molecule has 0 unspecified atom stereocenters. The van der Waals surface area contributed by atoms with Crippen molar-refractivity contribution in [2.45, 2.75) is 20.1 Å². The fourth-order valence-corrected chi connectivity index (χ4v) is 2.76. The number of hydrogen-bond donors (Lipinski definition) is 0. The van der Waals surface area contributed by atoms with Gasteiger partial charge in [-0.2, -0.15) is 13.9 Å². The molecule has 3 rings (SSSR count). The summed E-state index contributed by atoms with van der Waals surface area (Å²) in [5.41, 5.74) is 1.00. The Hall–Kier alpha value is -2.51. The molecule has 2 aromatic carbocycles. The van der Waals surface area contributed by atoms with Crippen LogP contribution >= 0.6 is 23.2 Å². The molecule has 0 spiro atoms. The van der Waals surface area contributed by atoms with Crippen molar-refractivity contribution in [1.29, 1.82) is 0 Å². The number of nitrogens with zero attached hydrogens (tertiary/aromatic N) is 3. The van der Waals surface area contributed by atoms with Crippen LogP contribution in [0.25, 0.3) is 11.4 Å². The maximum Gasteiger partial charge on any atom is 0.387 e. The third-order valence-electron chi connectivity index (χ3n) is 3.65. The van der Waals surface area contributed by atoms with Crippen LogP contribution in [0.2, 0.25) is 10.0 Å². The Bertz CT molecular complexity index is 975. The van der Waals surface area contributed by atoms with Crippen LogP contribution in [0, 0.1) is 6.92 Å². The summed E-state index contributed by atoms with van der Waals surface area (Å²) in [7, 11) is 0. The molecule has 140 valence electrons. The Morgan fingerprint density at radius 2 is 1.85 bits per heavy atom. The van der Waals surface area contributed by atoms with E-state index in [1.165, 1.54) is 28.9 Å². The number of aromatic nitrogens is 3. The summed E-state index contributed by atoms with van der Waals surface area (Å²) in [6.45, 7) is -1.29. The van der Waals surface area contributed by atoms with E-state index in [2.05, 4.69) is 14.8 Å². The first kappa shape index (κ1) is 19.3. The van der Waals surface area contributed by atoms with Gasteiger partial charge >= 0.3 is 6.61 Å². The highest BCUT2D eigenvalue weighted by atomic mass is 35.5. The summed E-state index contributed by atoms with van der Waals surface area (Å²) >= 11 is 12.0. The second-order valence-electron chi connectivity index (χ2n) is 5.60. The number of benzene rings is 2. The van der Waals surface area contributed by atoms with E-state index in [-0.39, 0.29) is 18.1 Å². The molecule has 0 radical (unpaired) electrons. The standard InChI is InChI=1S/C18H13Cl2F2N3O2/c1-10-23-17(12-4-7-14(19)15(20)8-12)25(24-10)9-16(26)11-2-5-13(6-3-11)27-18(21)22/h2-8,18H,9H2,1H3. The van der Waals surface area contributed by atoms with Gasteiger partial charge < -0.3 is 4.74 Å². The predicted octanol–water partition coefficient (Wildman–Crippen LogP) is 5.04. The first-order valence-corrected chi connectivity index (χ1v) is 8.54. The summed E-state index contributed by atoms with van der Waals surface area (Å²) in [5.74, 6) is 0.682. The van der Waals surface area contributed by atoms with Crippen LogP contribution < -0.4 is 4.74 Å². The van der Waals surface area contributed by atoms with Gasteiger partial charge in [-0.25, -0.2) is 9.67 Å². The molecule has 0 saturated heterocycles. The molecular weight excluding hydrogens is 399 g/mol. The molecule has 3 aromatic rings. The predicted molar refractivity (Wildman–Crippen MR) is 97.6 cm³/mol. The molecule has 0 fully saturated rings. The van der Waals surface area contributed by atoms with Gasteiger partial charge in [0.25, 0.3) is 0 Å². The summed E-state index contributed by atoms with van der Waals surface area (Å²) in [4.78, 5) is 16.9. The van der Waals surface area contributed by atoms with E-state index in [1.807, 2.05) is 0 Å². The number of alkyl halides is 2. The van der Waals surface area contributed by atoms with Gasteiger partial charge in [-0.3, -0.25) is 4.79 Å². The SMILES string of the molecule is Cc1nc(-c2ccc(Cl)c(Cl)c2)n(CC(=O)c2ccc(OC(F)F)cc2)n1. The molecule has 0 aliphatic carbocycles. The van der Waals surface area contributed by atoms with Crippen molar-refractivity contribution in [2.24, 2.45) is 0 Å². The third kappa shape index (κ3) is 4.61. The number of ether oxygens (including phenoxy) is 1. The average Bonchev–Trinajstić information content (AvgIpc) is 2.97. The Kier molecular flexibility index (Phi) is 5.72. The van der Waals surface area contributed by atoms with E-state index in [4.69, 9.17) is 23.2 Å². The first-order valence-electron chi connectivity index (χ1n) is 7.78. The maximum absolute atomic E-state index is 12.5. The minimum absolute atomic E-state index is 0.0188. The van der Waals surface area contributed by atoms with E-state index >= 15 is 0 Å². The van der Waals surface area contributed by atoms with Crippen molar-refractivity contribution in [3.8, 4) is 17.1 Å². The molecule has 9 heteroatoms. The van der Waals surface area contributed by atoms with Crippen molar-refractivity contribution >= 4 is 29.0 Å². The van der Waals surface area contributed by atoms with Gasteiger partial charge in [-0.15, -0.1) is 0 Å². The van der Waals surface area contributed by atoms with Crippen molar-refractivity contribution in [2.75, 3.05) is 0 Å². The quantitative estimate of drug-likeness (QED) is 0.532. The Morgan fingerprint density at radius 3 is 2.48 bits per heavy atom. The molecule has 5 nitrogen and oxygen atoms in total. The Balaban J connectivity index is 1.83. The van der Waals surface area contributed by atoms with Crippen LogP contribution in [0.1, 0.15) is 16.2 Å². The number of halogens is 4. The van der Waals surface area contributed by atoms with E-state index in [0.717, 1.165) is 0 Å². The zero-order chi connectivity index (χ0) is 19.6. The maximum atomic E-state index is 12.5. The topological polar surface area (TPSA) is 57.0 Å². The molecule has 27 heavy (non-hydrogen) atoms. The van der Waals surface area contributed by atoms with Crippen molar-refractivity contribution in [3.63, 3.8) is 0 Å². The summed E-state index contributed by atoms with van der Waals surface area (Å²) in [6, 6.07) is 10.5. The molecular formula is C18H13Cl2F2N3O2. The highest BCUT2D eigenvalue weighted by molar-refractivity contribution is 6.42. The molecule has 0 bridgehead atoms. The van der Waals surface area contributed by atoms with Crippen molar-refractivity contribution in [1.82, 2.24) is 14.8 Å². The van der Waals surface area contributed by atoms with E-state index in [1.54, 1.807) is 25.1 Å². The smallest absolute Gasteiger partial charge is 0.387 e. The lowest BCUT2D eigenvalue weighted by Crippen LogP contribution is -2.13. The number of ketones is 1. The minimum atomic E-state index is -2.92. The number of carbonyl (C=O) groups is 1. The summed E-state index contributed by atoms with van der Waals surface area (Å²) < 4.78 is 30.1. The molecule has 1 aromatic heterocycles. The number of rotatable bonds is 6. The van der Waals surface area contributed by atoms with Crippen LogP contribution in [-0.4, -0.2) is 27.2 Å². The van der Waals surface area contributed by atoms with Gasteiger partial charge in [0, 0.05) is 11.1 Å². The van der Waals surface area contributed by atoms with Gasteiger partial charge in [0.15, 0.2) is 11.6 Å². The summed E-state index contributed by atoms with van der Waals surface area (Å²) in [6.07, 6.45) is 0. The van der Waals surface area contributed by atoms with E-state index in [0.29, 0.717) is 32.8 Å². The molecule has 0 N–H and O–H groups in total. The van der Waals surface area contributed by atoms with Gasteiger partial charge in [-0.1, -0.05) is 23.2 Å². The van der Waals surface area contributed by atoms with Crippen LogP contribution in [0.4, 0.5) is 8.78 Å². The lowest BCUT2D eigenvalue weighted by atomic mass is 10.1. The number of aryl methyl sites for hydroxylation is 1. The van der Waals surface area contributed by atoms with E-state index in [9.17, 15) is 13.6 Å². The van der Waals surface area contributed by atoms with Gasteiger partial charge in [0.2, 0.25) is 0 Å². The van der Waals surface area contributed by atoms with Gasteiger partial charge in [0.1, 0.15) is 18.1 Å². The lowest BCUT2D eigenvalue weighted by molar-refractivity contribution is -0.0498. The largest absolute Gasteiger partial charge is 0.435 e. The average molecular weight is 412 g/mol. The highest BCUT2D eigenvalue weighted by Crippen LogP contribution is 2.28. The van der Waals surface area contributed by atoms with Crippen molar-refractivity contribution in [3.05, 3.63) is 63.9 Å². The van der Waals surface area contributed by atoms with Gasteiger partial charge in [-0.05, 0) is 49.4 Å². The van der Waals surface area contributed by atoms with Crippen molar-refractivity contribution < 1.29 is 18.3 Å². The molecule has 0 aliphatic rings. The number of carbonyl (C=O) groups excluding carboxylic acids is 1. The molecule has 0 atom stereocenters. The minimum Gasteiger partial charge on any atom is -0.435 e. The van der Waals surface area contributed by atoms with Crippen LogP contribution in [0.15, 0.2) is 42.5 Å². The first-order chi connectivity index (χ1) is 12.8. The Morgan fingerprint density at radius 1 is 1.15 bits per heavy atom. The lowest BCUT2D eigenvalue weighted by Gasteiger charge is -2.08. The van der Waals surface area contributed by atoms with Crippen LogP contribution in [0.3, 0.4) is 0 Å². The zero-order valence-electron chi connectivity index (χ0n) is 14.0. The molecule has 0 saturated carbocycles. The van der Waals surface area contributed by atoms with Crippen LogP contribution in [-0.2, 0) is 6.54 Å².